The summed E-state index contributed by atoms with van der Waals surface area (Å²) >= 11 is 0. The molecule has 0 bridgehead atoms. The molecule has 0 aromatic heterocycles. The first-order valence-electron chi connectivity index (χ1n) is 5.11. The summed E-state index contributed by atoms with van der Waals surface area (Å²) < 4.78 is 5.01. The normalized spacial score (nSPS) is 11.6. The van der Waals surface area contributed by atoms with Crippen molar-refractivity contribution in [3.05, 3.63) is 38.4 Å². The van der Waals surface area contributed by atoms with Gasteiger partial charge in [0.2, 0.25) is 0 Å². The van der Waals surface area contributed by atoms with Crippen LogP contribution in [-0.2, 0) is 4.79 Å². The van der Waals surface area contributed by atoms with E-state index in [9.17, 15) is 25.0 Å². The fraction of sp³-hybridized carbons (Fsp3) is 0.300. The SMILES string of the molecule is CC(COc1ccc([N+](=O)[O-])cc1[N+](=O)[O-])C(=O)O. The minimum absolute atomic E-state index is 0.205. The maximum absolute atomic E-state index is 10.8. The summed E-state index contributed by atoms with van der Waals surface area (Å²) in [7, 11) is 0. The molecule has 0 heterocycles. The Morgan fingerprint density at radius 2 is 2.00 bits per heavy atom. The van der Waals surface area contributed by atoms with Crippen LogP contribution >= 0.6 is 0 Å². The van der Waals surface area contributed by atoms with Gasteiger partial charge in [0.1, 0.15) is 6.61 Å². The number of carboxylic acids is 1. The van der Waals surface area contributed by atoms with E-state index in [1.54, 1.807) is 0 Å². The van der Waals surface area contributed by atoms with Crippen molar-refractivity contribution in [2.45, 2.75) is 6.92 Å². The molecule has 9 heteroatoms. The Labute approximate surface area is 106 Å². The maximum atomic E-state index is 10.8. The van der Waals surface area contributed by atoms with Gasteiger partial charge in [0.05, 0.1) is 21.8 Å². The van der Waals surface area contributed by atoms with Crippen LogP contribution in [0.1, 0.15) is 6.92 Å². The lowest BCUT2D eigenvalue weighted by atomic mass is 10.2. The van der Waals surface area contributed by atoms with Crippen LogP contribution in [0, 0.1) is 26.1 Å². The van der Waals surface area contributed by atoms with E-state index in [-0.39, 0.29) is 12.4 Å². The smallest absolute Gasteiger partial charge is 0.317 e. The van der Waals surface area contributed by atoms with Gasteiger partial charge in [-0.25, -0.2) is 0 Å². The van der Waals surface area contributed by atoms with E-state index < -0.39 is 33.1 Å². The molecule has 1 atom stereocenters. The number of hydrogen-bond donors (Lipinski definition) is 1. The molecule has 0 aliphatic heterocycles. The molecule has 0 saturated carbocycles. The van der Waals surface area contributed by atoms with E-state index in [4.69, 9.17) is 9.84 Å². The summed E-state index contributed by atoms with van der Waals surface area (Å²) in [5.74, 6) is -2.16. The third kappa shape index (κ3) is 3.63. The molecule has 1 rings (SSSR count). The molecular weight excluding hydrogens is 260 g/mol. The summed E-state index contributed by atoms with van der Waals surface area (Å²) in [4.78, 5) is 30.3. The van der Waals surface area contributed by atoms with Gasteiger partial charge in [0.25, 0.3) is 5.69 Å². The van der Waals surface area contributed by atoms with Crippen molar-refractivity contribution < 1.29 is 24.5 Å². The van der Waals surface area contributed by atoms with Gasteiger partial charge in [0.15, 0.2) is 5.75 Å². The molecule has 9 nitrogen and oxygen atoms in total. The second kappa shape index (κ2) is 5.76. The quantitative estimate of drug-likeness (QED) is 0.612. The summed E-state index contributed by atoms with van der Waals surface area (Å²) in [6.45, 7) is 1.10. The molecule has 1 unspecified atom stereocenters. The topological polar surface area (TPSA) is 133 Å². The second-order valence-electron chi connectivity index (χ2n) is 3.72. The lowest BCUT2D eigenvalue weighted by Gasteiger charge is -2.09. The predicted octanol–water partition coefficient (Wildman–Crippen LogP) is 1.60. The van der Waals surface area contributed by atoms with Crippen molar-refractivity contribution in [1.82, 2.24) is 0 Å². The number of nitrogens with zero attached hydrogens (tertiary/aromatic N) is 2. The number of hydrogen-bond acceptors (Lipinski definition) is 6. The van der Waals surface area contributed by atoms with E-state index in [0.717, 1.165) is 18.2 Å². The molecule has 1 N–H and O–H groups in total. The van der Waals surface area contributed by atoms with Crippen molar-refractivity contribution in [1.29, 1.82) is 0 Å². The molecule has 0 fully saturated rings. The molecule has 19 heavy (non-hydrogen) atoms. The Hall–Kier alpha value is -2.71. The van der Waals surface area contributed by atoms with Gasteiger partial charge >= 0.3 is 11.7 Å². The zero-order chi connectivity index (χ0) is 14.6. The summed E-state index contributed by atoms with van der Waals surface area (Å²) in [6.07, 6.45) is 0. The minimum atomic E-state index is -1.11. The molecule has 0 amide bonds. The van der Waals surface area contributed by atoms with Crippen LogP contribution in [0.2, 0.25) is 0 Å². The van der Waals surface area contributed by atoms with Crippen LogP contribution in [0.25, 0.3) is 0 Å². The number of non-ortho nitro benzene ring substituents is 1. The van der Waals surface area contributed by atoms with Gasteiger partial charge in [-0.2, -0.15) is 0 Å². The summed E-state index contributed by atoms with van der Waals surface area (Å²) in [5.41, 5.74) is -1.02. The third-order valence-corrected chi connectivity index (χ3v) is 2.26. The lowest BCUT2D eigenvalue weighted by Crippen LogP contribution is -2.18. The highest BCUT2D eigenvalue weighted by Crippen LogP contribution is 2.31. The van der Waals surface area contributed by atoms with Gasteiger partial charge in [-0.3, -0.25) is 25.0 Å². The van der Waals surface area contributed by atoms with Crippen LogP contribution in [0.5, 0.6) is 5.75 Å². The van der Waals surface area contributed by atoms with Crippen LogP contribution in [0.15, 0.2) is 18.2 Å². The number of ether oxygens (including phenoxy) is 1. The summed E-state index contributed by atoms with van der Waals surface area (Å²) in [5, 5.41) is 29.9. The molecule has 0 aliphatic rings. The van der Waals surface area contributed by atoms with Gasteiger partial charge in [0, 0.05) is 6.07 Å². The van der Waals surface area contributed by atoms with Gasteiger partial charge in [-0.1, -0.05) is 0 Å². The zero-order valence-electron chi connectivity index (χ0n) is 9.81. The van der Waals surface area contributed by atoms with E-state index in [1.807, 2.05) is 0 Å². The van der Waals surface area contributed by atoms with Crippen molar-refractivity contribution in [2.75, 3.05) is 6.61 Å². The van der Waals surface area contributed by atoms with Crippen LogP contribution in [0.3, 0.4) is 0 Å². The molecule has 0 radical (unpaired) electrons. The average Bonchev–Trinajstić information content (AvgIpc) is 2.35. The number of aliphatic carboxylic acids is 1. The third-order valence-electron chi connectivity index (χ3n) is 2.26. The first-order chi connectivity index (χ1) is 8.82. The highest BCUT2D eigenvalue weighted by atomic mass is 16.6. The summed E-state index contributed by atoms with van der Waals surface area (Å²) in [6, 6.07) is 2.89. The first-order valence-corrected chi connectivity index (χ1v) is 5.11. The van der Waals surface area contributed by atoms with Gasteiger partial charge in [-0.05, 0) is 13.0 Å². The Balaban J connectivity index is 2.97. The molecule has 0 saturated heterocycles. The zero-order valence-corrected chi connectivity index (χ0v) is 9.81. The number of benzene rings is 1. The predicted molar refractivity (Wildman–Crippen MR) is 62.0 cm³/mol. The van der Waals surface area contributed by atoms with Gasteiger partial charge in [-0.15, -0.1) is 0 Å². The molecule has 102 valence electrons. The molecule has 0 spiro atoms. The van der Waals surface area contributed by atoms with E-state index in [2.05, 4.69) is 0 Å². The standard InChI is InChI=1S/C10H10N2O7/c1-6(10(13)14)5-19-9-3-2-7(11(15)16)4-8(9)12(17)18/h2-4,6H,5H2,1H3,(H,13,14). The Bertz CT molecular complexity index is 529. The van der Waals surface area contributed by atoms with Crippen LogP contribution < -0.4 is 4.74 Å². The van der Waals surface area contributed by atoms with Crippen molar-refractivity contribution in [3.8, 4) is 5.75 Å². The van der Waals surface area contributed by atoms with Crippen LogP contribution in [0.4, 0.5) is 11.4 Å². The van der Waals surface area contributed by atoms with E-state index >= 15 is 0 Å². The van der Waals surface area contributed by atoms with Crippen molar-refractivity contribution in [2.24, 2.45) is 5.92 Å². The largest absolute Gasteiger partial charge is 0.486 e. The highest BCUT2D eigenvalue weighted by molar-refractivity contribution is 5.69. The molecule has 1 aromatic rings. The number of nitro benzene ring substituents is 2. The monoisotopic (exact) mass is 270 g/mol. The Kier molecular flexibility index (Phi) is 4.35. The van der Waals surface area contributed by atoms with E-state index in [0.29, 0.717) is 0 Å². The van der Waals surface area contributed by atoms with E-state index in [1.165, 1.54) is 6.92 Å². The van der Waals surface area contributed by atoms with Crippen molar-refractivity contribution in [3.63, 3.8) is 0 Å². The minimum Gasteiger partial charge on any atom is -0.486 e. The molecular formula is C10H10N2O7. The first kappa shape index (κ1) is 14.4. The fourth-order valence-electron chi connectivity index (χ4n) is 1.17. The number of rotatable bonds is 6. The highest BCUT2D eigenvalue weighted by Gasteiger charge is 2.22. The average molecular weight is 270 g/mol. The Morgan fingerprint density at radius 3 is 2.47 bits per heavy atom. The fourth-order valence-corrected chi connectivity index (χ4v) is 1.17. The van der Waals surface area contributed by atoms with Gasteiger partial charge < -0.3 is 9.84 Å². The number of nitro groups is 2. The Morgan fingerprint density at radius 1 is 1.37 bits per heavy atom. The lowest BCUT2D eigenvalue weighted by molar-refractivity contribution is -0.394. The van der Waals surface area contributed by atoms with Crippen molar-refractivity contribution >= 4 is 17.3 Å². The molecule has 0 aliphatic carbocycles. The number of carbonyl (C=O) groups is 1. The molecule has 1 aromatic carbocycles. The number of carboxylic acid groups (broad SMARTS) is 1. The second-order valence-corrected chi connectivity index (χ2v) is 3.72. The van der Waals surface area contributed by atoms with Crippen LogP contribution in [-0.4, -0.2) is 27.5 Å². The maximum Gasteiger partial charge on any atom is 0.317 e.